The van der Waals surface area contributed by atoms with Gasteiger partial charge in [0, 0.05) is 24.8 Å². The molecule has 1 aromatic heterocycles. The molecule has 1 atom stereocenters. The Balaban J connectivity index is 1.87. The third-order valence-corrected chi connectivity index (χ3v) is 4.25. The van der Waals surface area contributed by atoms with Gasteiger partial charge in [-0.25, -0.2) is 5.01 Å². The van der Waals surface area contributed by atoms with Crippen molar-refractivity contribution in [3.63, 3.8) is 0 Å². The van der Waals surface area contributed by atoms with Crippen molar-refractivity contribution in [2.24, 2.45) is 5.10 Å². The number of furan rings is 1. The van der Waals surface area contributed by atoms with Gasteiger partial charge in [-0.05, 0) is 24.6 Å². The Morgan fingerprint density at radius 3 is 2.77 bits per heavy atom. The fourth-order valence-electron chi connectivity index (χ4n) is 3.02. The van der Waals surface area contributed by atoms with E-state index in [1.165, 1.54) is 5.01 Å². The average Bonchev–Trinajstić information content (AvgIpc) is 3.30. The predicted octanol–water partition coefficient (Wildman–Crippen LogP) is 3.22. The molecule has 0 spiro atoms. The summed E-state index contributed by atoms with van der Waals surface area (Å²) < 4.78 is 10.9. The van der Waals surface area contributed by atoms with Crippen LogP contribution in [0.25, 0.3) is 0 Å². The molecule has 3 rings (SSSR count). The van der Waals surface area contributed by atoms with E-state index in [-0.39, 0.29) is 31.2 Å². The van der Waals surface area contributed by atoms with Gasteiger partial charge >= 0.3 is 5.97 Å². The lowest BCUT2D eigenvalue weighted by Gasteiger charge is -2.23. The van der Waals surface area contributed by atoms with Crippen LogP contribution in [0.3, 0.4) is 0 Å². The fraction of sp³-hybridized carbons (Fsp3) is 0.316. The minimum absolute atomic E-state index is 0.0480. The molecule has 136 valence electrons. The number of rotatable bonds is 7. The molecule has 1 aromatic carbocycles. The van der Waals surface area contributed by atoms with Gasteiger partial charge in [-0.3, -0.25) is 9.59 Å². The van der Waals surface area contributed by atoms with Crippen molar-refractivity contribution < 1.29 is 23.8 Å². The van der Waals surface area contributed by atoms with E-state index in [4.69, 9.17) is 14.3 Å². The first kappa shape index (κ1) is 17.7. The van der Waals surface area contributed by atoms with E-state index >= 15 is 0 Å². The van der Waals surface area contributed by atoms with Gasteiger partial charge in [-0.1, -0.05) is 18.2 Å². The SMILES string of the molecule is COc1ccccc1C1CC(c2ccco2)=NN1C(=O)CCCC(=O)O. The number of ether oxygens (including phenoxy) is 1. The van der Waals surface area contributed by atoms with Gasteiger partial charge in [0.25, 0.3) is 0 Å². The molecule has 0 saturated carbocycles. The van der Waals surface area contributed by atoms with Crippen LogP contribution in [0.4, 0.5) is 0 Å². The van der Waals surface area contributed by atoms with E-state index in [1.54, 1.807) is 25.5 Å². The van der Waals surface area contributed by atoms with Gasteiger partial charge in [0.05, 0.1) is 19.4 Å². The number of carbonyl (C=O) groups is 2. The van der Waals surface area contributed by atoms with Gasteiger partial charge in [-0.15, -0.1) is 0 Å². The van der Waals surface area contributed by atoms with Crippen molar-refractivity contribution in [1.29, 1.82) is 0 Å². The largest absolute Gasteiger partial charge is 0.496 e. The maximum absolute atomic E-state index is 12.7. The molecule has 1 aliphatic heterocycles. The first-order valence-electron chi connectivity index (χ1n) is 8.38. The van der Waals surface area contributed by atoms with Crippen molar-refractivity contribution in [2.45, 2.75) is 31.7 Å². The topological polar surface area (TPSA) is 92.3 Å². The van der Waals surface area contributed by atoms with Crippen LogP contribution in [-0.2, 0) is 9.59 Å². The fourth-order valence-corrected chi connectivity index (χ4v) is 3.02. The van der Waals surface area contributed by atoms with E-state index < -0.39 is 5.97 Å². The Morgan fingerprint density at radius 2 is 2.08 bits per heavy atom. The van der Waals surface area contributed by atoms with Crippen LogP contribution >= 0.6 is 0 Å². The standard InChI is InChI=1S/C19H20N2O5/c1-25-16-7-3-2-6-13(16)15-12-14(17-8-5-11-26-17)20-21(15)18(22)9-4-10-19(23)24/h2-3,5-8,11,15H,4,9-10,12H2,1H3,(H,23,24). The third kappa shape index (κ3) is 3.77. The summed E-state index contributed by atoms with van der Waals surface area (Å²) in [5.41, 5.74) is 1.53. The van der Waals surface area contributed by atoms with Gasteiger partial charge in [-0.2, -0.15) is 5.10 Å². The molecule has 1 amide bonds. The number of carboxylic acids is 1. The minimum atomic E-state index is -0.916. The summed E-state index contributed by atoms with van der Waals surface area (Å²) in [4.78, 5) is 23.4. The summed E-state index contributed by atoms with van der Waals surface area (Å²) in [6.45, 7) is 0. The number of carbonyl (C=O) groups excluding carboxylic acids is 1. The first-order valence-corrected chi connectivity index (χ1v) is 8.38. The Morgan fingerprint density at radius 1 is 1.27 bits per heavy atom. The van der Waals surface area contributed by atoms with Crippen LogP contribution < -0.4 is 4.74 Å². The van der Waals surface area contributed by atoms with E-state index in [0.29, 0.717) is 23.6 Å². The summed E-state index contributed by atoms with van der Waals surface area (Å²) in [6.07, 6.45) is 2.40. The lowest BCUT2D eigenvalue weighted by molar-refractivity contribution is -0.137. The number of benzene rings is 1. The number of aliphatic carboxylic acids is 1. The highest BCUT2D eigenvalue weighted by molar-refractivity contribution is 6.01. The number of hydrazone groups is 1. The number of para-hydroxylation sites is 1. The highest BCUT2D eigenvalue weighted by Gasteiger charge is 2.35. The van der Waals surface area contributed by atoms with Crippen molar-refractivity contribution >= 4 is 17.6 Å². The molecule has 0 aliphatic carbocycles. The lowest BCUT2D eigenvalue weighted by Crippen LogP contribution is -2.27. The van der Waals surface area contributed by atoms with E-state index in [9.17, 15) is 9.59 Å². The predicted molar refractivity (Wildman–Crippen MR) is 93.9 cm³/mol. The number of hydrogen-bond donors (Lipinski definition) is 1. The Kier molecular flexibility index (Phi) is 5.36. The highest BCUT2D eigenvalue weighted by atomic mass is 16.5. The molecule has 0 fully saturated rings. The molecule has 0 bridgehead atoms. The lowest BCUT2D eigenvalue weighted by atomic mass is 9.99. The molecule has 1 unspecified atom stereocenters. The molecule has 2 aromatic rings. The zero-order chi connectivity index (χ0) is 18.5. The smallest absolute Gasteiger partial charge is 0.303 e. The van der Waals surface area contributed by atoms with E-state index in [1.807, 2.05) is 24.3 Å². The minimum Gasteiger partial charge on any atom is -0.496 e. The molecule has 26 heavy (non-hydrogen) atoms. The molecule has 2 heterocycles. The second-order valence-corrected chi connectivity index (χ2v) is 5.97. The molecule has 1 N–H and O–H groups in total. The second kappa shape index (κ2) is 7.86. The summed E-state index contributed by atoms with van der Waals surface area (Å²) in [5, 5.41) is 14.7. The van der Waals surface area contributed by atoms with Gasteiger partial charge in [0.15, 0.2) is 0 Å². The maximum atomic E-state index is 12.7. The van der Waals surface area contributed by atoms with Gasteiger partial charge in [0.1, 0.15) is 17.2 Å². The zero-order valence-electron chi connectivity index (χ0n) is 14.4. The Labute approximate surface area is 150 Å². The number of hydrogen-bond acceptors (Lipinski definition) is 5. The monoisotopic (exact) mass is 356 g/mol. The molecule has 7 nitrogen and oxygen atoms in total. The van der Waals surface area contributed by atoms with Crippen LogP contribution in [0.5, 0.6) is 5.75 Å². The number of methoxy groups -OCH3 is 1. The summed E-state index contributed by atoms with van der Waals surface area (Å²) in [7, 11) is 1.58. The number of amides is 1. The molecule has 7 heteroatoms. The van der Waals surface area contributed by atoms with E-state index in [2.05, 4.69) is 5.10 Å². The number of nitrogens with zero attached hydrogens (tertiary/aromatic N) is 2. The van der Waals surface area contributed by atoms with Crippen LogP contribution in [0, 0.1) is 0 Å². The summed E-state index contributed by atoms with van der Waals surface area (Å²) in [6, 6.07) is 10.8. The zero-order valence-corrected chi connectivity index (χ0v) is 14.4. The van der Waals surface area contributed by atoms with Crippen LogP contribution in [-0.4, -0.2) is 34.8 Å². The van der Waals surface area contributed by atoms with Crippen LogP contribution in [0.15, 0.2) is 52.2 Å². The summed E-state index contributed by atoms with van der Waals surface area (Å²) >= 11 is 0. The van der Waals surface area contributed by atoms with Crippen molar-refractivity contribution in [2.75, 3.05) is 7.11 Å². The summed E-state index contributed by atoms with van der Waals surface area (Å²) in [5.74, 6) is 0.159. The highest BCUT2D eigenvalue weighted by Crippen LogP contribution is 2.37. The van der Waals surface area contributed by atoms with Crippen molar-refractivity contribution in [3.05, 3.63) is 54.0 Å². The molecule has 0 radical (unpaired) electrons. The van der Waals surface area contributed by atoms with Gasteiger partial charge < -0.3 is 14.3 Å². The van der Waals surface area contributed by atoms with E-state index in [0.717, 1.165) is 5.56 Å². The molecule has 1 aliphatic rings. The van der Waals surface area contributed by atoms with Crippen LogP contribution in [0.2, 0.25) is 0 Å². The van der Waals surface area contributed by atoms with Crippen molar-refractivity contribution in [1.82, 2.24) is 5.01 Å². The van der Waals surface area contributed by atoms with Gasteiger partial charge in [0.2, 0.25) is 5.91 Å². The molecular weight excluding hydrogens is 336 g/mol. The third-order valence-electron chi connectivity index (χ3n) is 4.25. The molecular formula is C19H20N2O5. The Bertz CT molecular complexity index is 813. The normalized spacial score (nSPS) is 16.4. The first-order chi connectivity index (χ1) is 12.6. The molecule has 0 saturated heterocycles. The quantitative estimate of drug-likeness (QED) is 0.822. The second-order valence-electron chi connectivity index (χ2n) is 5.97. The van der Waals surface area contributed by atoms with Crippen molar-refractivity contribution in [3.8, 4) is 5.75 Å². The average molecular weight is 356 g/mol. The Hall–Kier alpha value is -3.09. The van der Waals surface area contributed by atoms with Crippen LogP contribution in [0.1, 0.15) is 43.0 Å². The number of carboxylic acid groups (broad SMARTS) is 1. The maximum Gasteiger partial charge on any atom is 0.303 e.